The Morgan fingerprint density at radius 1 is 1.28 bits per heavy atom. The zero-order valence-corrected chi connectivity index (χ0v) is 16.3. The van der Waals surface area contributed by atoms with Crippen LogP contribution < -0.4 is 5.32 Å². The van der Waals surface area contributed by atoms with Gasteiger partial charge in [-0.1, -0.05) is 23.7 Å². The number of aryl methyl sites for hydroxylation is 1. The number of hydrogen-bond donors (Lipinski definition) is 2. The zero-order valence-electron chi connectivity index (χ0n) is 15.6. The lowest BCUT2D eigenvalue weighted by Crippen LogP contribution is -2.25. The first kappa shape index (κ1) is 19.1. The summed E-state index contributed by atoms with van der Waals surface area (Å²) in [6.07, 6.45) is 4.87. The van der Waals surface area contributed by atoms with Gasteiger partial charge in [0.2, 0.25) is 0 Å². The lowest BCUT2D eigenvalue weighted by Gasteiger charge is -2.11. The number of halogens is 1. The summed E-state index contributed by atoms with van der Waals surface area (Å²) in [5, 5.41) is 16.5. The number of amides is 1. The first-order valence-corrected chi connectivity index (χ1v) is 9.47. The van der Waals surface area contributed by atoms with E-state index in [1.54, 1.807) is 13.1 Å². The second-order valence-electron chi connectivity index (χ2n) is 6.88. The summed E-state index contributed by atoms with van der Waals surface area (Å²) in [7, 11) is 1.54. The van der Waals surface area contributed by atoms with Crippen molar-refractivity contribution in [2.75, 3.05) is 0 Å². The van der Waals surface area contributed by atoms with Gasteiger partial charge in [-0.15, -0.1) is 0 Å². The monoisotopic (exact) mass is 411 g/mol. The quantitative estimate of drug-likeness (QED) is 0.645. The topological polar surface area (TPSA) is 110 Å². The molecule has 2 heterocycles. The Morgan fingerprint density at radius 2 is 2.03 bits per heavy atom. The summed E-state index contributed by atoms with van der Waals surface area (Å²) in [5.41, 5.74) is 2.26. The maximum Gasteiger partial charge on any atom is 0.354 e. The number of nitrogens with one attached hydrogen (secondary N) is 1. The number of aromatic nitrogens is 4. The molecule has 1 saturated carbocycles. The number of aromatic carboxylic acids is 1. The van der Waals surface area contributed by atoms with Gasteiger partial charge in [-0.25, -0.2) is 14.8 Å². The molecule has 0 saturated heterocycles. The number of nitrogens with zero attached hydrogens (tertiary/aromatic N) is 4. The van der Waals surface area contributed by atoms with Gasteiger partial charge in [-0.3, -0.25) is 9.48 Å². The summed E-state index contributed by atoms with van der Waals surface area (Å²) in [4.78, 5) is 33.1. The Hall–Kier alpha value is -3.26. The maximum absolute atomic E-state index is 12.8. The van der Waals surface area contributed by atoms with Crippen LogP contribution in [0.4, 0.5) is 0 Å². The molecule has 2 N–H and O–H groups in total. The molecule has 29 heavy (non-hydrogen) atoms. The normalized spacial score (nSPS) is 13.3. The molecule has 4 rings (SSSR count). The first-order valence-electron chi connectivity index (χ1n) is 9.10. The van der Waals surface area contributed by atoms with E-state index < -0.39 is 5.97 Å². The Morgan fingerprint density at radius 3 is 2.72 bits per heavy atom. The third-order valence-corrected chi connectivity index (χ3v) is 5.13. The van der Waals surface area contributed by atoms with Crippen molar-refractivity contribution in [3.8, 4) is 11.4 Å². The minimum absolute atomic E-state index is 0.0398. The van der Waals surface area contributed by atoms with Crippen molar-refractivity contribution in [2.45, 2.75) is 25.3 Å². The second kappa shape index (κ2) is 7.63. The molecule has 0 atom stereocenters. The molecular formula is C20H18ClN5O3. The largest absolute Gasteiger partial charge is 0.477 e. The van der Waals surface area contributed by atoms with E-state index in [1.807, 2.05) is 18.2 Å². The Kier molecular flexibility index (Phi) is 5.02. The van der Waals surface area contributed by atoms with Gasteiger partial charge in [0.15, 0.2) is 11.5 Å². The molecule has 1 aliphatic carbocycles. The fraction of sp³-hybridized carbons (Fsp3) is 0.250. The van der Waals surface area contributed by atoms with Crippen LogP contribution in [-0.4, -0.2) is 36.7 Å². The highest BCUT2D eigenvalue weighted by molar-refractivity contribution is 6.33. The van der Waals surface area contributed by atoms with Gasteiger partial charge in [0.05, 0.1) is 22.5 Å². The van der Waals surface area contributed by atoms with Crippen molar-refractivity contribution in [3.63, 3.8) is 0 Å². The van der Waals surface area contributed by atoms with Crippen LogP contribution in [0.1, 0.15) is 50.9 Å². The highest BCUT2D eigenvalue weighted by Crippen LogP contribution is 2.41. The third kappa shape index (κ3) is 3.84. The minimum atomic E-state index is -1.10. The fourth-order valence-electron chi connectivity index (χ4n) is 3.17. The van der Waals surface area contributed by atoms with Crippen LogP contribution in [0, 0.1) is 0 Å². The van der Waals surface area contributed by atoms with E-state index in [2.05, 4.69) is 20.4 Å². The fourth-order valence-corrected chi connectivity index (χ4v) is 3.39. The Balaban J connectivity index is 1.59. The van der Waals surface area contributed by atoms with E-state index in [-0.39, 0.29) is 24.1 Å². The van der Waals surface area contributed by atoms with Crippen molar-refractivity contribution >= 4 is 23.5 Å². The van der Waals surface area contributed by atoms with Gasteiger partial charge in [0.25, 0.3) is 5.91 Å². The molecule has 3 aromatic rings. The molecule has 1 amide bonds. The van der Waals surface area contributed by atoms with E-state index in [4.69, 9.17) is 11.6 Å². The SMILES string of the molecule is Cn1ncc(CNC(=O)c2cnc(-c3ccccc3Cl)nc2C2CC2)c1C(=O)O. The first-order chi connectivity index (χ1) is 14.0. The summed E-state index contributed by atoms with van der Waals surface area (Å²) in [6.45, 7) is 0.0463. The van der Waals surface area contributed by atoms with Crippen molar-refractivity contribution in [3.05, 3.63) is 64.2 Å². The standard InChI is InChI=1S/C20H18ClN5O3/c1-26-17(20(28)29)12(9-24-26)8-23-19(27)14-10-22-18(25-16(14)11-6-7-11)13-4-2-3-5-15(13)21/h2-5,9-11H,6-8H2,1H3,(H,23,27)(H,28,29). The lowest BCUT2D eigenvalue weighted by atomic mass is 10.1. The molecule has 9 heteroatoms. The molecule has 0 spiro atoms. The summed E-state index contributed by atoms with van der Waals surface area (Å²) in [5.74, 6) is -0.749. The van der Waals surface area contributed by atoms with Crippen LogP contribution in [0.25, 0.3) is 11.4 Å². The van der Waals surface area contributed by atoms with Crippen LogP contribution in [0.5, 0.6) is 0 Å². The van der Waals surface area contributed by atoms with Crippen molar-refractivity contribution < 1.29 is 14.7 Å². The predicted octanol–water partition coefficient (Wildman–Crippen LogP) is 3.04. The molecule has 1 fully saturated rings. The Bertz CT molecular complexity index is 1110. The van der Waals surface area contributed by atoms with Crippen LogP contribution in [0.2, 0.25) is 5.02 Å². The number of carboxylic acid groups (broad SMARTS) is 1. The number of carboxylic acids is 1. The lowest BCUT2D eigenvalue weighted by molar-refractivity contribution is 0.0682. The molecule has 0 aliphatic heterocycles. The van der Waals surface area contributed by atoms with Crippen LogP contribution in [0.3, 0.4) is 0 Å². The van der Waals surface area contributed by atoms with E-state index >= 15 is 0 Å². The molecule has 0 bridgehead atoms. The Labute approximate surface area is 171 Å². The average Bonchev–Trinajstić information content (AvgIpc) is 3.48. The molecule has 0 unspecified atom stereocenters. The van der Waals surface area contributed by atoms with Gasteiger partial charge in [0.1, 0.15) is 0 Å². The summed E-state index contributed by atoms with van der Waals surface area (Å²) in [6, 6.07) is 7.30. The maximum atomic E-state index is 12.8. The van der Waals surface area contributed by atoms with Gasteiger partial charge < -0.3 is 10.4 Å². The van der Waals surface area contributed by atoms with E-state index in [9.17, 15) is 14.7 Å². The minimum Gasteiger partial charge on any atom is -0.477 e. The summed E-state index contributed by atoms with van der Waals surface area (Å²) < 4.78 is 1.26. The van der Waals surface area contributed by atoms with Crippen LogP contribution in [0.15, 0.2) is 36.7 Å². The molecule has 2 aromatic heterocycles. The van der Waals surface area contributed by atoms with Gasteiger partial charge >= 0.3 is 5.97 Å². The molecular weight excluding hydrogens is 394 g/mol. The number of benzene rings is 1. The van der Waals surface area contributed by atoms with Crippen molar-refractivity contribution in [1.82, 2.24) is 25.1 Å². The second-order valence-corrected chi connectivity index (χ2v) is 7.28. The zero-order chi connectivity index (χ0) is 20.5. The number of carbonyl (C=O) groups excluding carboxylic acids is 1. The molecule has 0 radical (unpaired) electrons. The van der Waals surface area contributed by atoms with Crippen molar-refractivity contribution in [2.24, 2.45) is 7.05 Å². The van der Waals surface area contributed by atoms with Gasteiger partial charge in [-0.2, -0.15) is 5.10 Å². The molecule has 8 nitrogen and oxygen atoms in total. The predicted molar refractivity (Wildman–Crippen MR) is 106 cm³/mol. The van der Waals surface area contributed by atoms with E-state index in [0.717, 1.165) is 12.8 Å². The smallest absolute Gasteiger partial charge is 0.354 e. The van der Waals surface area contributed by atoms with Gasteiger partial charge in [-0.05, 0) is 25.0 Å². The average molecular weight is 412 g/mol. The summed E-state index contributed by atoms with van der Waals surface area (Å²) >= 11 is 6.25. The molecule has 148 valence electrons. The van der Waals surface area contributed by atoms with Gasteiger partial charge in [0, 0.05) is 36.8 Å². The number of hydrogen-bond acceptors (Lipinski definition) is 5. The van der Waals surface area contributed by atoms with Crippen molar-refractivity contribution in [1.29, 1.82) is 0 Å². The van der Waals surface area contributed by atoms with E-state index in [1.165, 1.54) is 17.1 Å². The number of carbonyl (C=O) groups is 2. The molecule has 1 aliphatic rings. The highest BCUT2D eigenvalue weighted by Gasteiger charge is 2.31. The highest BCUT2D eigenvalue weighted by atomic mass is 35.5. The molecule has 1 aromatic carbocycles. The van der Waals surface area contributed by atoms with Crippen LogP contribution >= 0.6 is 11.6 Å². The third-order valence-electron chi connectivity index (χ3n) is 4.80. The van der Waals surface area contributed by atoms with Crippen LogP contribution in [-0.2, 0) is 13.6 Å². The number of rotatable bonds is 6. The van der Waals surface area contributed by atoms with E-state index in [0.29, 0.717) is 33.2 Å².